The lowest BCUT2D eigenvalue weighted by Gasteiger charge is -2.29. The van der Waals surface area contributed by atoms with E-state index in [1.807, 2.05) is 11.6 Å². The predicted molar refractivity (Wildman–Crippen MR) is 95.5 cm³/mol. The van der Waals surface area contributed by atoms with E-state index in [9.17, 15) is 13.6 Å². The third-order valence-corrected chi connectivity index (χ3v) is 5.58. The van der Waals surface area contributed by atoms with Crippen molar-refractivity contribution in [2.75, 3.05) is 0 Å². The summed E-state index contributed by atoms with van der Waals surface area (Å²) < 4.78 is 28.5. The van der Waals surface area contributed by atoms with Gasteiger partial charge in [0.1, 0.15) is 5.69 Å². The zero-order valence-electron chi connectivity index (χ0n) is 15.3. The van der Waals surface area contributed by atoms with Crippen LogP contribution < -0.4 is 5.32 Å². The number of nitrogens with zero attached hydrogens (tertiary/aromatic N) is 4. The van der Waals surface area contributed by atoms with Gasteiger partial charge in [-0.2, -0.15) is 0 Å². The van der Waals surface area contributed by atoms with Gasteiger partial charge in [-0.25, -0.2) is 23.7 Å². The maximum atomic E-state index is 13.3. The molecule has 0 spiro atoms. The van der Waals surface area contributed by atoms with Crippen molar-refractivity contribution in [1.82, 2.24) is 24.8 Å². The molecule has 0 atom stereocenters. The van der Waals surface area contributed by atoms with Crippen LogP contribution in [0.1, 0.15) is 67.0 Å². The summed E-state index contributed by atoms with van der Waals surface area (Å²) in [6.45, 7) is 0. The van der Waals surface area contributed by atoms with Crippen molar-refractivity contribution in [3.05, 3.63) is 29.8 Å². The van der Waals surface area contributed by atoms with Gasteiger partial charge < -0.3 is 9.88 Å². The summed E-state index contributed by atoms with van der Waals surface area (Å²) in [5.41, 5.74) is 1.14. The second-order valence-corrected chi connectivity index (χ2v) is 7.59. The predicted octanol–water partition coefficient (Wildman–Crippen LogP) is 3.45. The van der Waals surface area contributed by atoms with Gasteiger partial charge in [0, 0.05) is 49.9 Å². The summed E-state index contributed by atoms with van der Waals surface area (Å²) in [6, 6.07) is 1.50. The maximum Gasteiger partial charge on any atom is 0.270 e. The first-order valence-corrected chi connectivity index (χ1v) is 9.47. The Hall–Kier alpha value is -2.38. The number of hydrogen-bond acceptors (Lipinski definition) is 4. The summed E-state index contributed by atoms with van der Waals surface area (Å²) >= 11 is 0. The van der Waals surface area contributed by atoms with Crippen LogP contribution in [0.25, 0.3) is 11.6 Å². The van der Waals surface area contributed by atoms with Gasteiger partial charge >= 0.3 is 0 Å². The Morgan fingerprint density at radius 3 is 2.56 bits per heavy atom. The first kappa shape index (κ1) is 18.0. The Balaban J connectivity index is 1.57. The number of imidazole rings is 1. The highest BCUT2D eigenvalue weighted by atomic mass is 19.3. The lowest BCUT2D eigenvalue weighted by Crippen LogP contribution is -2.40. The number of halogens is 2. The molecule has 0 bridgehead atoms. The number of aromatic nitrogens is 4. The average Bonchev–Trinajstić information content (AvgIpc) is 3.01. The molecule has 8 heteroatoms. The van der Waals surface area contributed by atoms with Crippen molar-refractivity contribution >= 4 is 5.91 Å². The molecule has 2 heterocycles. The molecule has 0 saturated heterocycles. The Kier molecular flexibility index (Phi) is 4.65. The highest BCUT2D eigenvalue weighted by molar-refractivity contribution is 5.93. The van der Waals surface area contributed by atoms with Crippen LogP contribution in [-0.2, 0) is 7.05 Å². The van der Waals surface area contributed by atoms with Gasteiger partial charge in [0.15, 0.2) is 11.6 Å². The second-order valence-electron chi connectivity index (χ2n) is 7.59. The van der Waals surface area contributed by atoms with Crippen molar-refractivity contribution in [1.29, 1.82) is 0 Å². The van der Waals surface area contributed by atoms with E-state index in [0.29, 0.717) is 17.6 Å². The molecular formula is C19H23F2N5O. The largest absolute Gasteiger partial charge is 0.348 e. The fourth-order valence-corrected chi connectivity index (χ4v) is 3.62. The number of carbonyl (C=O) groups excluding carboxylic acids is 1. The van der Waals surface area contributed by atoms with E-state index in [2.05, 4.69) is 20.3 Å². The molecule has 144 valence electrons. The summed E-state index contributed by atoms with van der Waals surface area (Å²) in [6.07, 6.45) is 6.92. The number of aryl methyl sites for hydroxylation is 1. The number of amides is 1. The van der Waals surface area contributed by atoms with Gasteiger partial charge in [-0.15, -0.1) is 0 Å². The van der Waals surface area contributed by atoms with E-state index in [1.165, 1.54) is 0 Å². The molecule has 6 nitrogen and oxygen atoms in total. The summed E-state index contributed by atoms with van der Waals surface area (Å²) in [4.78, 5) is 26.1. The molecule has 1 N–H and O–H groups in total. The number of hydrogen-bond donors (Lipinski definition) is 1. The van der Waals surface area contributed by atoms with E-state index in [0.717, 1.165) is 25.0 Å². The SMILES string of the molecule is Cn1ccnc1-c1nc(C(=O)NC2CCC(F)(F)CC2)cc(C2CCC2)n1. The van der Waals surface area contributed by atoms with E-state index >= 15 is 0 Å². The van der Waals surface area contributed by atoms with Gasteiger partial charge in [-0.05, 0) is 31.7 Å². The van der Waals surface area contributed by atoms with Crippen molar-refractivity contribution in [3.8, 4) is 11.6 Å². The minimum Gasteiger partial charge on any atom is -0.348 e. The molecular weight excluding hydrogens is 352 g/mol. The topological polar surface area (TPSA) is 72.7 Å². The van der Waals surface area contributed by atoms with Gasteiger partial charge in [0.05, 0.1) is 0 Å². The van der Waals surface area contributed by atoms with Gasteiger partial charge in [-0.3, -0.25) is 4.79 Å². The number of nitrogens with one attached hydrogen (secondary N) is 1. The monoisotopic (exact) mass is 375 g/mol. The molecule has 0 unspecified atom stereocenters. The zero-order chi connectivity index (χ0) is 19.0. The summed E-state index contributed by atoms with van der Waals surface area (Å²) in [5.74, 6) is -1.58. The van der Waals surface area contributed by atoms with E-state index in [-0.39, 0.29) is 43.3 Å². The quantitative estimate of drug-likeness (QED) is 0.888. The normalized spacial score (nSPS) is 20.3. The summed E-state index contributed by atoms with van der Waals surface area (Å²) in [7, 11) is 1.85. The Bertz CT molecular complexity index is 836. The maximum absolute atomic E-state index is 13.3. The van der Waals surface area contributed by atoms with Crippen LogP contribution in [0.4, 0.5) is 8.78 Å². The Morgan fingerprint density at radius 1 is 1.22 bits per heavy atom. The van der Waals surface area contributed by atoms with Crippen LogP contribution in [0, 0.1) is 0 Å². The number of alkyl halides is 2. The van der Waals surface area contributed by atoms with Crippen LogP contribution in [0.2, 0.25) is 0 Å². The van der Waals surface area contributed by atoms with Crippen LogP contribution in [0.5, 0.6) is 0 Å². The smallest absolute Gasteiger partial charge is 0.270 e. The fourth-order valence-electron chi connectivity index (χ4n) is 3.62. The third-order valence-electron chi connectivity index (χ3n) is 5.58. The minimum absolute atomic E-state index is 0.187. The van der Waals surface area contributed by atoms with Gasteiger partial charge in [0.2, 0.25) is 5.92 Å². The van der Waals surface area contributed by atoms with Crippen LogP contribution in [0.15, 0.2) is 18.5 Å². The lowest BCUT2D eigenvalue weighted by atomic mass is 9.82. The van der Waals surface area contributed by atoms with E-state index < -0.39 is 5.92 Å². The zero-order valence-corrected chi connectivity index (χ0v) is 15.3. The van der Waals surface area contributed by atoms with Gasteiger partial charge in [0.25, 0.3) is 5.91 Å². The fraction of sp³-hybridized carbons (Fsp3) is 0.579. The first-order chi connectivity index (χ1) is 12.9. The molecule has 2 aliphatic carbocycles. The summed E-state index contributed by atoms with van der Waals surface area (Å²) in [5, 5.41) is 2.87. The third kappa shape index (κ3) is 3.84. The Morgan fingerprint density at radius 2 is 1.96 bits per heavy atom. The molecule has 0 aromatic carbocycles. The molecule has 2 saturated carbocycles. The van der Waals surface area contributed by atoms with E-state index in [1.54, 1.807) is 18.5 Å². The molecule has 4 rings (SSSR count). The molecule has 2 aromatic rings. The molecule has 2 aliphatic rings. The minimum atomic E-state index is -2.61. The lowest BCUT2D eigenvalue weighted by molar-refractivity contribution is -0.0399. The molecule has 2 fully saturated rings. The first-order valence-electron chi connectivity index (χ1n) is 9.47. The molecule has 0 aliphatic heterocycles. The molecule has 0 radical (unpaired) electrons. The number of carbonyl (C=O) groups is 1. The second kappa shape index (κ2) is 6.98. The van der Waals surface area contributed by atoms with Gasteiger partial charge in [-0.1, -0.05) is 6.42 Å². The Labute approximate surface area is 156 Å². The highest BCUT2D eigenvalue weighted by Crippen LogP contribution is 2.36. The molecule has 27 heavy (non-hydrogen) atoms. The highest BCUT2D eigenvalue weighted by Gasteiger charge is 2.35. The number of rotatable bonds is 4. The van der Waals surface area contributed by atoms with Crippen molar-refractivity contribution in [2.45, 2.75) is 62.8 Å². The van der Waals surface area contributed by atoms with Crippen LogP contribution in [0.3, 0.4) is 0 Å². The van der Waals surface area contributed by atoms with E-state index in [4.69, 9.17) is 0 Å². The van der Waals surface area contributed by atoms with Crippen LogP contribution in [-0.4, -0.2) is 37.4 Å². The van der Waals surface area contributed by atoms with Crippen LogP contribution >= 0.6 is 0 Å². The molecule has 2 aromatic heterocycles. The average molecular weight is 375 g/mol. The molecule has 1 amide bonds. The van der Waals surface area contributed by atoms with Crippen molar-refractivity contribution in [2.24, 2.45) is 7.05 Å². The van der Waals surface area contributed by atoms with Crippen molar-refractivity contribution < 1.29 is 13.6 Å². The standard InChI is InChI=1S/C19H23F2N5O/c1-26-10-9-22-17(26)16-24-14(12-3-2-4-12)11-15(25-16)18(27)23-13-5-7-19(20,21)8-6-13/h9-13H,2-8H2,1H3,(H,23,27). The van der Waals surface area contributed by atoms with Crippen molar-refractivity contribution in [3.63, 3.8) is 0 Å².